The predicted octanol–water partition coefficient (Wildman–Crippen LogP) is 0.420. The highest BCUT2D eigenvalue weighted by Gasteiger charge is 2.28. The smallest absolute Gasteiger partial charge is 0.341 e. The Labute approximate surface area is 91.0 Å². The fourth-order valence-electron chi connectivity index (χ4n) is 1.26. The molecule has 1 aliphatic carbocycles. The highest BCUT2D eigenvalue weighted by molar-refractivity contribution is 6.00. The molecule has 1 aliphatic rings. The number of amides is 1. The summed E-state index contributed by atoms with van der Waals surface area (Å²) in [6.45, 7) is 0. The molecule has 1 aromatic heterocycles. The molecule has 1 heterocycles. The standard InChI is InChI=1S/C10H10N2O4/c11-9(13)6-3-12-4-7(10(14)15)8(6)16-5-1-2-5/h3-5H,1-2H2,(H2,11,13)(H,14,15). The van der Waals surface area contributed by atoms with Gasteiger partial charge in [0.1, 0.15) is 16.9 Å². The van der Waals surface area contributed by atoms with Crippen molar-refractivity contribution in [1.82, 2.24) is 4.98 Å². The molecular formula is C10H10N2O4. The summed E-state index contributed by atoms with van der Waals surface area (Å²) in [6, 6.07) is 0. The second-order valence-electron chi connectivity index (χ2n) is 3.55. The van der Waals surface area contributed by atoms with Crippen molar-refractivity contribution in [2.45, 2.75) is 18.9 Å². The third kappa shape index (κ3) is 1.95. The van der Waals surface area contributed by atoms with Crippen LogP contribution in [0.15, 0.2) is 12.4 Å². The number of nitrogens with two attached hydrogens (primary N) is 1. The summed E-state index contributed by atoms with van der Waals surface area (Å²) in [4.78, 5) is 25.7. The minimum Gasteiger partial charge on any atom is -0.489 e. The maximum atomic E-state index is 11.1. The van der Waals surface area contributed by atoms with E-state index in [2.05, 4.69) is 4.98 Å². The van der Waals surface area contributed by atoms with Gasteiger partial charge in [-0.2, -0.15) is 0 Å². The van der Waals surface area contributed by atoms with E-state index >= 15 is 0 Å². The molecule has 2 rings (SSSR count). The summed E-state index contributed by atoms with van der Waals surface area (Å²) < 4.78 is 5.39. The molecule has 0 spiro atoms. The lowest BCUT2D eigenvalue weighted by atomic mass is 10.1. The Hall–Kier alpha value is -2.11. The predicted molar refractivity (Wildman–Crippen MR) is 53.4 cm³/mol. The number of carboxylic acid groups (broad SMARTS) is 1. The van der Waals surface area contributed by atoms with Gasteiger partial charge in [0.25, 0.3) is 5.91 Å². The zero-order valence-corrected chi connectivity index (χ0v) is 8.34. The van der Waals surface area contributed by atoms with Crippen LogP contribution < -0.4 is 10.5 Å². The first-order valence-corrected chi connectivity index (χ1v) is 4.77. The maximum absolute atomic E-state index is 11.1. The Kier molecular flexibility index (Phi) is 2.47. The Morgan fingerprint density at radius 2 is 2.00 bits per heavy atom. The van der Waals surface area contributed by atoms with Crippen molar-refractivity contribution < 1.29 is 19.4 Å². The Bertz CT molecular complexity index is 422. The SMILES string of the molecule is NC(=O)c1cncc(C(=O)O)c1OC1CC1. The molecule has 84 valence electrons. The van der Waals surface area contributed by atoms with E-state index in [9.17, 15) is 9.59 Å². The van der Waals surface area contributed by atoms with Crippen molar-refractivity contribution in [3.05, 3.63) is 23.5 Å². The molecule has 1 aromatic rings. The molecule has 6 heteroatoms. The lowest BCUT2D eigenvalue weighted by Gasteiger charge is -2.10. The number of carboxylic acids is 1. The molecule has 0 unspecified atom stereocenters. The number of carbonyl (C=O) groups excluding carboxylic acids is 1. The second kappa shape index (κ2) is 3.80. The second-order valence-corrected chi connectivity index (χ2v) is 3.55. The zero-order valence-electron chi connectivity index (χ0n) is 8.34. The van der Waals surface area contributed by atoms with Crippen LogP contribution in [0.2, 0.25) is 0 Å². The van der Waals surface area contributed by atoms with Crippen LogP contribution in [0.5, 0.6) is 5.75 Å². The van der Waals surface area contributed by atoms with E-state index in [1.165, 1.54) is 6.20 Å². The van der Waals surface area contributed by atoms with Crippen molar-refractivity contribution in [3.63, 3.8) is 0 Å². The summed E-state index contributed by atoms with van der Waals surface area (Å²) in [5.41, 5.74) is 5.00. The Balaban J connectivity index is 2.47. The van der Waals surface area contributed by atoms with Gasteiger partial charge in [-0.3, -0.25) is 9.78 Å². The molecule has 1 saturated carbocycles. The van der Waals surface area contributed by atoms with E-state index in [4.69, 9.17) is 15.6 Å². The van der Waals surface area contributed by atoms with E-state index in [0.717, 1.165) is 19.0 Å². The highest BCUT2D eigenvalue weighted by atomic mass is 16.5. The summed E-state index contributed by atoms with van der Waals surface area (Å²) in [5, 5.41) is 8.93. The number of aromatic nitrogens is 1. The molecule has 6 nitrogen and oxygen atoms in total. The van der Waals surface area contributed by atoms with Crippen LogP contribution in [-0.4, -0.2) is 28.1 Å². The van der Waals surface area contributed by atoms with Gasteiger partial charge < -0.3 is 15.6 Å². The van der Waals surface area contributed by atoms with E-state index in [1.54, 1.807) is 0 Å². The van der Waals surface area contributed by atoms with Crippen molar-refractivity contribution >= 4 is 11.9 Å². The van der Waals surface area contributed by atoms with Gasteiger partial charge in [-0.25, -0.2) is 4.79 Å². The van der Waals surface area contributed by atoms with E-state index in [1.807, 2.05) is 0 Å². The fourth-order valence-corrected chi connectivity index (χ4v) is 1.26. The van der Waals surface area contributed by atoms with Gasteiger partial charge >= 0.3 is 5.97 Å². The minimum absolute atomic E-state index is 0.00630. The number of hydrogen-bond donors (Lipinski definition) is 2. The number of rotatable bonds is 4. The normalized spacial score (nSPS) is 14.5. The van der Waals surface area contributed by atoms with E-state index < -0.39 is 11.9 Å². The lowest BCUT2D eigenvalue weighted by molar-refractivity contribution is 0.0691. The molecular weight excluding hydrogens is 212 g/mol. The van der Waals surface area contributed by atoms with Crippen molar-refractivity contribution in [3.8, 4) is 5.75 Å². The minimum atomic E-state index is -1.19. The van der Waals surface area contributed by atoms with Gasteiger partial charge in [-0.05, 0) is 12.8 Å². The number of nitrogens with zero attached hydrogens (tertiary/aromatic N) is 1. The quantitative estimate of drug-likeness (QED) is 0.768. The van der Waals surface area contributed by atoms with Crippen LogP contribution >= 0.6 is 0 Å². The van der Waals surface area contributed by atoms with Gasteiger partial charge in [-0.15, -0.1) is 0 Å². The Morgan fingerprint density at radius 1 is 1.38 bits per heavy atom. The summed E-state index contributed by atoms with van der Waals surface area (Å²) in [6.07, 6.45) is 4.07. The van der Waals surface area contributed by atoms with Crippen molar-refractivity contribution in [2.75, 3.05) is 0 Å². The number of primary amides is 1. The molecule has 0 radical (unpaired) electrons. The van der Waals surface area contributed by atoms with Crippen LogP contribution in [0.3, 0.4) is 0 Å². The van der Waals surface area contributed by atoms with Crippen LogP contribution in [0.4, 0.5) is 0 Å². The number of ether oxygens (including phenoxy) is 1. The summed E-state index contributed by atoms with van der Waals surface area (Å²) in [5.74, 6) is -1.91. The number of hydrogen-bond acceptors (Lipinski definition) is 4. The molecule has 16 heavy (non-hydrogen) atoms. The van der Waals surface area contributed by atoms with E-state index in [0.29, 0.717) is 0 Å². The summed E-state index contributed by atoms with van der Waals surface area (Å²) in [7, 11) is 0. The average Bonchev–Trinajstić information content (AvgIpc) is 3.01. The number of carbonyl (C=O) groups is 2. The molecule has 0 atom stereocenters. The van der Waals surface area contributed by atoms with Crippen molar-refractivity contribution in [1.29, 1.82) is 0 Å². The van der Waals surface area contributed by atoms with Crippen molar-refractivity contribution in [2.24, 2.45) is 5.73 Å². The third-order valence-electron chi connectivity index (χ3n) is 2.20. The molecule has 0 aliphatic heterocycles. The third-order valence-corrected chi connectivity index (χ3v) is 2.20. The van der Waals surface area contributed by atoms with Gasteiger partial charge in [0.05, 0.1) is 6.10 Å². The van der Waals surface area contributed by atoms with Crippen LogP contribution in [0.1, 0.15) is 33.6 Å². The largest absolute Gasteiger partial charge is 0.489 e. The maximum Gasteiger partial charge on any atom is 0.341 e. The average molecular weight is 222 g/mol. The molecule has 0 aromatic carbocycles. The van der Waals surface area contributed by atoms with E-state index in [-0.39, 0.29) is 23.0 Å². The molecule has 0 saturated heterocycles. The summed E-state index contributed by atoms with van der Waals surface area (Å²) >= 11 is 0. The molecule has 3 N–H and O–H groups in total. The highest BCUT2D eigenvalue weighted by Crippen LogP contribution is 2.31. The van der Waals surface area contributed by atoms with Gasteiger partial charge in [0.15, 0.2) is 0 Å². The first kappa shape index (κ1) is 10.4. The first-order chi connectivity index (χ1) is 7.59. The fraction of sp³-hybridized carbons (Fsp3) is 0.300. The Morgan fingerprint density at radius 3 is 2.50 bits per heavy atom. The molecule has 0 bridgehead atoms. The lowest BCUT2D eigenvalue weighted by Crippen LogP contribution is -2.16. The number of pyridine rings is 1. The monoisotopic (exact) mass is 222 g/mol. The van der Waals surface area contributed by atoms with Crippen LogP contribution in [-0.2, 0) is 0 Å². The molecule has 1 fully saturated rings. The van der Waals surface area contributed by atoms with Gasteiger partial charge in [0, 0.05) is 12.4 Å². The van der Waals surface area contributed by atoms with Crippen LogP contribution in [0.25, 0.3) is 0 Å². The zero-order chi connectivity index (χ0) is 11.7. The topological polar surface area (TPSA) is 103 Å². The van der Waals surface area contributed by atoms with Gasteiger partial charge in [-0.1, -0.05) is 0 Å². The van der Waals surface area contributed by atoms with Gasteiger partial charge in [0.2, 0.25) is 0 Å². The van der Waals surface area contributed by atoms with Crippen LogP contribution in [0, 0.1) is 0 Å². The first-order valence-electron chi connectivity index (χ1n) is 4.77. The molecule has 1 amide bonds. The number of aromatic carboxylic acids is 1.